The third kappa shape index (κ3) is 2.53. The van der Waals surface area contributed by atoms with Gasteiger partial charge >= 0.3 is 6.18 Å². The Morgan fingerprint density at radius 1 is 1.35 bits per heavy atom. The zero-order chi connectivity index (χ0) is 14.2. The van der Waals surface area contributed by atoms with E-state index in [1.54, 1.807) is 6.07 Å². The van der Waals surface area contributed by atoms with E-state index in [4.69, 9.17) is 4.74 Å². The second kappa shape index (κ2) is 4.89. The van der Waals surface area contributed by atoms with Crippen LogP contribution < -0.4 is 5.32 Å². The minimum atomic E-state index is -4.58. The van der Waals surface area contributed by atoms with Crippen molar-refractivity contribution in [2.24, 2.45) is 5.92 Å². The van der Waals surface area contributed by atoms with E-state index in [-0.39, 0.29) is 5.65 Å². The third-order valence-corrected chi connectivity index (χ3v) is 3.11. The first-order chi connectivity index (χ1) is 9.54. The van der Waals surface area contributed by atoms with E-state index in [0.717, 1.165) is 13.0 Å². The second-order valence-corrected chi connectivity index (χ2v) is 4.62. The first-order valence-electron chi connectivity index (χ1n) is 6.15. The summed E-state index contributed by atoms with van der Waals surface area (Å²) in [5, 5.41) is 13.5. The number of ether oxygens (including phenoxy) is 1. The molecule has 2 aromatic rings. The van der Waals surface area contributed by atoms with E-state index >= 15 is 0 Å². The molecule has 1 aliphatic heterocycles. The summed E-state index contributed by atoms with van der Waals surface area (Å²) in [7, 11) is 0. The predicted molar refractivity (Wildman–Crippen MR) is 63.2 cm³/mol. The van der Waals surface area contributed by atoms with Gasteiger partial charge in [0.25, 0.3) is 5.82 Å². The molecule has 1 atom stereocenters. The van der Waals surface area contributed by atoms with Gasteiger partial charge in [-0.05, 0) is 18.6 Å². The van der Waals surface area contributed by atoms with Crippen LogP contribution in [-0.4, -0.2) is 39.6 Å². The minimum Gasteiger partial charge on any atom is -0.381 e. The average Bonchev–Trinajstić information content (AvgIpc) is 3.04. The van der Waals surface area contributed by atoms with Gasteiger partial charge in [0.15, 0.2) is 5.65 Å². The lowest BCUT2D eigenvalue weighted by atomic mass is 10.1. The molecule has 0 bridgehead atoms. The van der Waals surface area contributed by atoms with Crippen molar-refractivity contribution >= 4 is 11.5 Å². The molecule has 1 N–H and O–H groups in total. The summed E-state index contributed by atoms with van der Waals surface area (Å²) in [6.45, 7) is 2.00. The van der Waals surface area contributed by atoms with Gasteiger partial charge in [0.1, 0.15) is 5.82 Å². The van der Waals surface area contributed by atoms with Crippen molar-refractivity contribution in [2.45, 2.75) is 12.6 Å². The molecule has 108 valence electrons. The second-order valence-electron chi connectivity index (χ2n) is 4.62. The molecule has 3 heterocycles. The summed E-state index contributed by atoms with van der Waals surface area (Å²) >= 11 is 0. The number of hydrogen-bond donors (Lipinski definition) is 1. The maximum absolute atomic E-state index is 12.7. The Balaban J connectivity index is 1.81. The first-order valence-corrected chi connectivity index (χ1v) is 6.15. The van der Waals surface area contributed by atoms with E-state index in [2.05, 4.69) is 20.6 Å². The van der Waals surface area contributed by atoms with Crippen LogP contribution in [0, 0.1) is 5.92 Å². The number of nitrogens with zero attached hydrogens (tertiary/aromatic N) is 4. The highest BCUT2D eigenvalue weighted by molar-refractivity contribution is 5.44. The fraction of sp³-hybridized carbons (Fsp3) is 0.545. The molecule has 1 saturated heterocycles. The lowest BCUT2D eigenvalue weighted by molar-refractivity contribution is -0.146. The number of halogens is 3. The lowest BCUT2D eigenvalue weighted by Crippen LogP contribution is -2.17. The molecule has 9 heteroatoms. The Morgan fingerprint density at radius 2 is 2.20 bits per heavy atom. The maximum atomic E-state index is 12.7. The molecular weight excluding hydrogens is 275 g/mol. The van der Waals surface area contributed by atoms with Gasteiger partial charge in [-0.15, -0.1) is 15.3 Å². The minimum absolute atomic E-state index is 0.0621. The van der Waals surface area contributed by atoms with Gasteiger partial charge in [0, 0.05) is 19.1 Å². The van der Waals surface area contributed by atoms with Gasteiger partial charge in [-0.2, -0.15) is 17.7 Å². The van der Waals surface area contributed by atoms with Crippen molar-refractivity contribution in [3.8, 4) is 0 Å². The average molecular weight is 287 g/mol. The van der Waals surface area contributed by atoms with Crippen LogP contribution >= 0.6 is 0 Å². The zero-order valence-electron chi connectivity index (χ0n) is 10.4. The molecule has 1 fully saturated rings. The van der Waals surface area contributed by atoms with Crippen LogP contribution in [0.5, 0.6) is 0 Å². The largest absolute Gasteiger partial charge is 0.453 e. The third-order valence-electron chi connectivity index (χ3n) is 3.11. The number of aromatic nitrogens is 4. The van der Waals surface area contributed by atoms with Gasteiger partial charge in [-0.1, -0.05) is 0 Å². The summed E-state index contributed by atoms with van der Waals surface area (Å²) < 4.78 is 44.1. The molecule has 0 aliphatic carbocycles. The van der Waals surface area contributed by atoms with Gasteiger partial charge in [-0.3, -0.25) is 0 Å². The van der Waals surface area contributed by atoms with Crippen molar-refractivity contribution in [1.82, 2.24) is 19.8 Å². The first kappa shape index (κ1) is 13.1. The maximum Gasteiger partial charge on any atom is 0.453 e. The molecule has 0 spiro atoms. The van der Waals surface area contributed by atoms with Crippen LogP contribution in [0.1, 0.15) is 12.2 Å². The summed E-state index contributed by atoms with van der Waals surface area (Å²) in [6.07, 6.45) is -3.64. The molecular formula is C11H12F3N5O. The molecule has 0 saturated carbocycles. The lowest BCUT2D eigenvalue weighted by Gasteiger charge is -2.10. The molecule has 0 amide bonds. The van der Waals surface area contributed by atoms with Gasteiger partial charge in [-0.25, -0.2) is 0 Å². The smallest absolute Gasteiger partial charge is 0.381 e. The molecule has 2 aromatic heterocycles. The summed E-state index contributed by atoms with van der Waals surface area (Å²) in [6, 6.07) is 3.03. The van der Waals surface area contributed by atoms with Crippen molar-refractivity contribution in [3.05, 3.63) is 18.0 Å². The molecule has 0 radical (unpaired) electrons. The van der Waals surface area contributed by atoms with E-state index in [1.165, 1.54) is 6.07 Å². The Labute approximate surface area is 111 Å². The fourth-order valence-electron chi connectivity index (χ4n) is 2.05. The highest BCUT2D eigenvalue weighted by Crippen LogP contribution is 2.27. The number of anilines is 1. The number of fused-ring (bicyclic) bond motifs is 1. The van der Waals surface area contributed by atoms with E-state index in [1.807, 2.05) is 0 Å². The van der Waals surface area contributed by atoms with Crippen molar-refractivity contribution in [3.63, 3.8) is 0 Å². The Hall–Kier alpha value is -1.90. The van der Waals surface area contributed by atoms with Crippen LogP contribution in [0.2, 0.25) is 0 Å². The van der Waals surface area contributed by atoms with Gasteiger partial charge in [0.2, 0.25) is 0 Å². The monoisotopic (exact) mass is 287 g/mol. The number of nitrogens with one attached hydrogen (secondary N) is 1. The number of hydrogen-bond acceptors (Lipinski definition) is 5. The van der Waals surface area contributed by atoms with Crippen LogP contribution in [0.25, 0.3) is 5.65 Å². The molecule has 0 aromatic carbocycles. The quantitative estimate of drug-likeness (QED) is 0.928. The normalized spacial score (nSPS) is 19.6. The highest BCUT2D eigenvalue weighted by atomic mass is 19.4. The Kier molecular flexibility index (Phi) is 3.20. The zero-order valence-corrected chi connectivity index (χ0v) is 10.4. The standard InChI is InChI=1S/C11H12F3N5O/c12-11(13,14)10-17-16-9-2-1-8(18-19(9)10)15-5-7-3-4-20-6-7/h1-2,7H,3-6H2,(H,15,18). The summed E-state index contributed by atoms with van der Waals surface area (Å²) in [5.41, 5.74) is 0.0621. The molecule has 6 nitrogen and oxygen atoms in total. The predicted octanol–water partition coefficient (Wildman–Crippen LogP) is 1.59. The van der Waals surface area contributed by atoms with Crippen LogP contribution in [0.4, 0.5) is 19.0 Å². The molecule has 3 rings (SSSR count). The Morgan fingerprint density at radius 3 is 2.90 bits per heavy atom. The molecule has 1 aliphatic rings. The van der Waals surface area contributed by atoms with E-state index < -0.39 is 12.0 Å². The van der Waals surface area contributed by atoms with Crippen LogP contribution in [0.15, 0.2) is 12.1 Å². The SMILES string of the molecule is FC(F)(F)c1nnc2ccc(NCC3CCOC3)nn12. The topological polar surface area (TPSA) is 64.3 Å². The van der Waals surface area contributed by atoms with Crippen LogP contribution in [0.3, 0.4) is 0 Å². The molecule has 1 unspecified atom stereocenters. The summed E-state index contributed by atoms with van der Waals surface area (Å²) in [5.74, 6) is -0.412. The van der Waals surface area contributed by atoms with Gasteiger partial charge in [0.05, 0.1) is 6.61 Å². The van der Waals surface area contributed by atoms with E-state index in [9.17, 15) is 13.2 Å². The van der Waals surface area contributed by atoms with Crippen molar-refractivity contribution < 1.29 is 17.9 Å². The van der Waals surface area contributed by atoms with Gasteiger partial charge < -0.3 is 10.1 Å². The Bertz CT molecular complexity index is 606. The highest BCUT2D eigenvalue weighted by Gasteiger charge is 2.37. The number of alkyl halides is 3. The van der Waals surface area contributed by atoms with Crippen molar-refractivity contribution in [1.29, 1.82) is 0 Å². The summed E-state index contributed by atoms with van der Waals surface area (Å²) in [4.78, 5) is 0. The number of rotatable bonds is 3. The van der Waals surface area contributed by atoms with E-state index in [0.29, 0.717) is 29.4 Å². The van der Waals surface area contributed by atoms with Crippen LogP contribution in [-0.2, 0) is 10.9 Å². The van der Waals surface area contributed by atoms with Crippen molar-refractivity contribution in [2.75, 3.05) is 25.1 Å². The molecule has 20 heavy (non-hydrogen) atoms. The fourth-order valence-corrected chi connectivity index (χ4v) is 2.05.